The highest BCUT2D eigenvalue weighted by atomic mass is 16.5. The molecule has 0 aromatic heterocycles. The summed E-state index contributed by atoms with van der Waals surface area (Å²) in [5, 5.41) is 18.1. The summed E-state index contributed by atoms with van der Waals surface area (Å²) in [6.07, 6.45) is -0.143. The van der Waals surface area contributed by atoms with Crippen LogP contribution in [0.3, 0.4) is 0 Å². The van der Waals surface area contributed by atoms with E-state index >= 15 is 0 Å². The minimum atomic E-state index is -0.258. The maximum Gasteiger partial charge on any atom is 0.120 e. The van der Waals surface area contributed by atoms with Crippen molar-refractivity contribution in [1.29, 1.82) is 5.26 Å². The molecule has 1 aliphatic heterocycles. The van der Waals surface area contributed by atoms with Gasteiger partial charge in [0, 0.05) is 19.6 Å². The Hall–Kier alpha value is -1.61. The average Bonchev–Trinajstić information content (AvgIpc) is 2.46. The van der Waals surface area contributed by atoms with Crippen molar-refractivity contribution in [2.75, 3.05) is 32.8 Å². The van der Waals surface area contributed by atoms with Gasteiger partial charge in [0.25, 0.3) is 0 Å². The topological polar surface area (TPSA) is 65.7 Å². The van der Waals surface area contributed by atoms with Gasteiger partial charge in [0.2, 0.25) is 0 Å². The molecule has 0 amide bonds. The first-order valence-corrected chi connectivity index (χ1v) is 7.16. The number of hydrogen-bond donors (Lipinski definition) is 1. The fraction of sp³-hybridized carbons (Fsp3) is 0.562. The van der Waals surface area contributed by atoms with Crippen LogP contribution in [0.15, 0.2) is 24.3 Å². The van der Waals surface area contributed by atoms with Gasteiger partial charge in [-0.25, -0.2) is 0 Å². The van der Waals surface area contributed by atoms with Crippen LogP contribution in [-0.2, 0) is 4.74 Å². The minimum Gasteiger partial charge on any atom is -0.492 e. The third-order valence-electron chi connectivity index (χ3n) is 3.39. The zero-order valence-electron chi connectivity index (χ0n) is 12.6. The molecule has 0 saturated carbocycles. The smallest absolute Gasteiger partial charge is 0.120 e. The molecule has 1 fully saturated rings. The van der Waals surface area contributed by atoms with Crippen LogP contribution in [0.2, 0.25) is 0 Å². The molecular formula is C16H22N2O3. The Morgan fingerprint density at radius 2 is 2.33 bits per heavy atom. The molecule has 1 saturated heterocycles. The Labute approximate surface area is 125 Å². The van der Waals surface area contributed by atoms with Crippen LogP contribution in [0.5, 0.6) is 5.75 Å². The number of rotatable bonds is 5. The van der Waals surface area contributed by atoms with Crippen molar-refractivity contribution in [3.63, 3.8) is 0 Å². The second kappa shape index (κ2) is 6.90. The van der Waals surface area contributed by atoms with Crippen molar-refractivity contribution in [3.05, 3.63) is 29.8 Å². The Balaban J connectivity index is 1.83. The number of morpholine rings is 1. The van der Waals surface area contributed by atoms with Crippen LogP contribution in [0.25, 0.3) is 0 Å². The van der Waals surface area contributed by atoms with E-state index in [0.29, 0.717) is 24.5 Å². The van der Waals surface area contributed by atoms with E-state index in [9.17, 15) is 5.11 Å². The number of aliphatic hydroxyl groups excluding tert-OH is 1. The zero-order chi connectivity index (χ0) is 15.3. The summed E-state index contributed by atoms with van der Waals surface area (Å²) in [6, 6.07) is 9.25. The summed E-state index contributed by atoms with van der Waals surface area (Å²) in [5.74, 6) is 0.709. The molecular weight excluding hydrogens is 268 g/mol. The van der Waals surface area contributed by atoms with Gasteiger partial charge in [0.1, 0.15) is 12.4 Å². The molecule has 1 aliphatic rings. The number of nitriles is 1. The summed E-state index contributed by atoms with van der Waals surface area (Å²) in [6.45, 7) is 6.92. The number of benzene rings is 1. The quantitative estimate of drug-likeness (QED) is 0.888. The number of ether oxygens (including phenoxy) is 2. The van der Waals surface area contributed by atoms with Gasteiger partial charge in [-0.2, -0.15) is 5.26 Å². The van der Waals surface area contributed by atoms with Crippen LogP contribution < -0.4 is 4.74 Å². The van der Waals surface area contributed by atoms with Crippen LogP contribution in [0, 0.1) is 11.3 Å². The van der Waals surface area contributed by atoms with E-state index in [4.69, 9.17) is 14.7 Å². The largest absolute Gasteiger partial charge is 0.492 e. The van der Waals surface area contributed by atoms with Gasteiger partial charge < -0.3 is 14.6 Å². The van der Waals surface area contributed by atoms with E-state index in [0.717, 1.165) is 13.1 Å². The first-order chi connectivity index (χ1) is 10.0. The lowest BCUT2D eigenvalue weighted by atomic mass is 10.1. The maximum absolute atomic E-state index is 9.29. The van der Waals surface area contributed by atoms with Gasteiger partial charge in [-0.05, 0) is 32.0 Å². The number of hydrogen-bond acceptors (Lipinski definition) is 5. The SMILES string of the molecule is CC1(C)CN(CCOc2cccc(C#N)c2)CC(CO)O1. The molecule has 0 aliphatic carbocycles. The molecule has 0 radical (unpaired) electrons. The van der Waals surface area contributed by atoms with E-state index in [1.807, 2.05) is 26.0 Å². The van der Waals surface area contributed by atoms with Gasteiger partial charge in [0.05, 0.1) is 29.9 Å². The van der Waals surface area contributed by atoms with Gasteiger partial charge in [-0.3, -0.25) is 4.90 Å². The Bertz CT molecular complexity index is 510. The predicted molar refractivity (Wildman–Crippen MR) is 79.1 cm³/mol. The summed E-state index contributed by atoms with van der Waals surface area (Å²) in [5.41, 5.74) is 0.340. The molecule has 0 bridgehead atoms. The van der Waals surface area contributed by atoms with Crippen molar-refractivity contribution in [2.24, 2.45) is 0 Å². The summed E-state index contributed by atoms with van der Waals surface area (Å²) in [4.78, 5) is 2.23. The summed E-state index contributed by atoms with van der Waals surface area (Å²) >= 11 is 0. The highest BCUT2D eigenvalue weighted by Crippen LogP contribution is 2.20. The normalized spacial score (nSPS) is 21.7. The molecule has 1 aromatic rings. The van der Waals surface area contributed by atoms with E-state index < -0.39 is 0 Å². The van der Waals surface area contributed by atoms with Crippen molar-refractivity contribution >= 4 is 0 Å². The summed E-state index contributed by atoms with van der Waals surface area (Å²) < 4.78 is 11.5. The van der Waals surface area contributed by atoms with E-state index in [1.165, 1.54) is 0 Å². The fourth-order valence-electron chi connectivity index (χ4n) is 2.63. The van der Waals surface area contributed by atoms with Gasteiger partial charge in [-0.15, -0.1) is 0 Å². The second-order valence-electron chi connectivity index (χ2n) is 5.91. The van der Waals surface area contributed by atoms with Crippen molar-refractivity contribution < 1.29 is 14.6 Å². The van der Waals surface area contributed by atoms with Crippen LogP contribution in [0.1, 0.15) is 19.4 Å². The molecule has 114 valence electrons. The molecule has 0 spiro atoms. The number of nitrogens with zero attached hydrogens (tertiary/aromatic N) is 2. The molecule has 1 N–H and O–H groups in total. The lowest BCUT2D eigenvalue weighted by molar-refractivity contribution is -0.149. The monoisotopic (exact) mass is 290 g/mol. The number of aliphatic hydroxyl groups is 1. The van der Waals surface area contributed by atoms with Crippen LogP contribution in [-0.4, -0.2) is 54.6 Å². The van der Waals surface area contributed by atoms with E-state index in [1.54, 1.807) is 12.1 Å². The first kappa shape index (κ1) is 15.8. The lowest BCUT2D eigenvalue weighted by Gasteiger charge is -2.42. The zero-order valence-corrected chi connectivity index (χ0v) is 12.6. The van der Waals surface area contributed by atoms with Gasteiger partial charge in [-0.1, -0.05) is 6.07 Å². The molecule has 21 heavy (non-hydrogen) atoms. The van der Waals surface area contributed by atoms with E-state index in [2.05, 4.69) is 11.0 Å². The Morgan fingerprint density at radius 1 is 1.52 bits per heavy atom. The maximum atomic E-state index is 9.29. The third-order valence-corrected chi connectivity index (χ3v) is 3.39. The fourth-order valence-corrected chi connectivity index (χ4v) is 2.63. The van der Waals surface area contributed by atoms with Crippen LogP contribution >= 0.6 is 0 Å². The molecule has 1 aromatic carbocycles. The van der Waals surface area contributed by atoms with E-state index in [-0.39, 0.29) is 18.3 Å². The summed E-state index contributed by atoms with van der Waals surface area (Å²) in [7, 11) is 0. The van der Waals surface area contributed by atoms with Gasteiger partial charge >= 0.3 is 0 Å². The van der Waals surface area contributed by atoms with Crippen molar-refractivity contribution in [3.8, 4) is 11.8 Å². The molecule has 2 rings (SSSR count). The van der Waals surface area contributed by atoms with Crippen LogP contribution in [0.4, 0.5) is 0 Å². The Morgan fingerprint density at radius 3 is 3.05 bits per heavy atom. The minimum absolute atomic E-state index is 0.0327. The van der Waals surface area contributed by atoms with Crippen molar-refractivity contribution in [1.82, 2.24) is 4.90 Å². The molecule has 5 heteroatoms. The third kappa shape index (κ3) is 4.71. The highest BCUT2D eigenvalue weighted by molar-refractivity contribution is 5.36. The van der Waals surface area contributed by atoms with Crippen molar-refractivity contribution in [2.45, 2.75) is 25.6 Å². The second-order valence-corrected chi connectivity index (χ2v) is 5.91. The molecule has 1 heterocycles. The molecule has 5 nitrogen and oxygen atoms in total. The Kier molecular flexibility index (Phi) is 5.18. The van der Waals surface area contributed by atoms with Gasteiger partial charge in [0.15, 0.2) is 0 Å². The predicted octanol–water partition coefficient (Wildman–Crippen LogP) is 1.41. The molecule has 1 unspecified atom stereocenters. The molecule has 1 atom stereocenters. The standard InChI is InChI=1S/C16H22N2O3/c1-16(2)12-18(10-15(11-19)21-16)6-7-20-14-5-3-4-13(8-14)9-17/h3-5,8,15,19H,6-7,10-12H2,1-2H3. The lowest BCUT2D eigenvalue weighted by Crippen LogP contribution is -2.54. The average molecular weight is 290 g/mol. The highest BCUT2D eigenvalue weighted by Gasteiger charge is 2.32. The first-order valence-electron chi connectivity index (χ1n) is 7.16.